The predicted molar refractivity (Wildman–Crippen MR) is 84.4 cm³/mol. The third-order valence-corrected chi connectivity index (χ3v) is 3.65. The molecule has 0 aliphatic heterocycles. The molecular formula is C15H19FN4OS. The van der Waals surface area contributed by atoms with Gasteiger partial charge in [-0.15, -0.1) is 0 Å². The van der Waals surface area contributed by atoms with Crippen LogP contribution in [0, 0.1) is 10.6 Å². The highest BCUT2D eigenvalue weighted by atomic mass is 32.1. The van der Waals surface area contributed by atoms with E-state index >= 15 is 0 Å². The van der Waals surface area contributed by atoms with Gasteiger partial charge in [0.15, 0.2) is 4.77 Å². The fraction of sp³-hybridized carbons (Fsp3) is 0.400. The summed E-state index contributed by atoms with van der Waals surface area (Å²) in [5.74, 6) is 0.258. The third-order valence-electron chi connectivity index (χ3n) is 3.34. The molecule has 0 aliphatic carbocycles. The van der Waals surface area contributed by atoms with Crippen LogP contribution in [-0.2, 0) is 17.8 Å². The molecule has 2 rings (SSSR count). The lowest BCUT2D eigenvalue weighted by atomic mass is 10.1. The summed E-state index contributed by atoms with van der Waals surface area (Å²) in [6, 6.07) is 5.91. The molecule has 7 heteroatoms. The summed E-state index contributed by atoms with van der Waals surface area (Å²) >= 11 is 5.14. The monoisotopic (exact) mass is 322 g/mol. The Morgan fingerprint density at radius 3 is 3.00 bits per heavy atom. The quantitative estimate of drug-likeness (QED) is 0.804. The smallest absolute Gasteiger partial charge is 0.240 e. The maximum Gasteiger partial charge on any atom is 0.240 e. The first-order valence-corrected chi connectivity index (χ1v) is 7.61. The van der Waals surface area contributed by atoms with Crippen molar-refractivity contribution in [1.82, 2.24) is 20.1 Å². The lowest BCUT2D eigenvalue weighted by Crippen LogP contribution is -2.30. The van der Waals surface area contributed by atoms with Crippen molar-refractivity contribution in [1.29, 1.82) is 0 Å². The molecular weight excluding hydrogens is 303 g/mol. The molecule has 5 nitrogen and oxygen atoms in total. The minimum atomic E-state index is -0.319. The normalized spacial score (nSPS) is 12.1. The Bertz CT molecular complexity index is 710. The van der Waals surface area contributed by atoms with E-state index in [9.17, 15) is 9.18 Å². The van der Waals surface area contributed by atoms with Gasteiger partial charge in [-0.1, -0.05) is 19.1 Å². The van der Waals surface area contributed by atoms with Crippen LogP contribution in [0.1, 0.15) is 37.7 Å². The van der Waals surface area contributed by atoms with Gasteiger partial charge in [-0.2, -0.15) is 5.10 Å². The molecule has 0 radical (unpaired) electrons. The van der Waals surface area contributed by atoms with E-state index in [-0.39, 0.29) is 24.3 Å². The van der Waals surface area contributed by atoms with Crippen molar-refractivity contribution in [3.05, 3.63) is 46.2 Å². The number of hydrogen-bond donors (Lipinski definition) is 2. The molecule has 0 saturated carbocycles. The number of benzene rings is 1. The number of halogens is 1. The number of carbonyl (C=O) groups is 1. The first-order valence-electron chi connectivity index (χ1n) is 7.20. The van der Waals surface area contributed by atoms with Crippen LogP contribution in [0.25, 0.3) is 0 Å². The van der Waals surface area contributed by atoms with Crippen LogP contribution in [0.3, 0.4) is 0 Å². The predicted octanol–water partition coefficient (Wildman–Crippen LogP) is 2.91. The summed E-state index contributed by atoms with van der Waals surface area (Å²) in [7, 11) is 0. The number of nitrogens with zero attached hydrogens (tertiary/aromatic N) is 2. The first kappa shape index (κ1) is 16.4. The lowest BCUT2D eigenvalue weighted by Gasteiger charge is -2.15. The highest BCUT2D eigenvalue weighted by Gasteiger charge is 2.13. The van der Waals surface area contributed by atoms with Crippen LogP contribution < -0.4 is 5.32 Å². The maximum absolute atomic E-state index is 13.2. The van der Waals surface area contributed by atoms with E-state index in [0.29, 0.717) is 4.77 Å². The Hall–Kier alpha value is -2.02. The van der Waals surface area contributed by atoms with Crippen molar-refractivity contribution >= 4 is 18.1 Å². The Morgan fingerprint density at radius 1 is 1.55 bits per heavy atom. The molecule has 1 heterocycles. The van der Waals surface area contributed by atoms with Gasteiger partial charge >= 0.3 is 0 Å². The summed E-state index contributed by atoms with van der Waals surface area (Å²) < 4.78 is 15.3. The molecule has 0 fully saturated rings. The summed E-state index contributed by atoms with van der Waals surface area (Å²) in [6.07, 6.45) is 1.67. The van der Waals surface area contributed by atoms with Crippen molar-refractivity contribution in [2.45, 2.75) is 39.3 Å². The molecule has 0 saturated heterocycles. The van der Waals surface area contributed by atoms with Gasteiger partial charge in [-0.3, -0.25) is 14.5 Å². The zero-order valence-corrected chi connectivity index (χ0v) is 13.4. The van der Waals surface area contributed by atoms with Crippen molar-refractivity contribution in [3.63, 3.8) is 0 Å². The first-order chi connectivity index (χ1) is 10.5. The minimum Gasteiger partial charge on any atom is -0.348 e. The number of aromatic nitrogens is 3. The third kappa shape index (κ3) is 4.00. The summed E-state index contributed by atoms with van der Waals surface area (Å²) in [4.78, 5) is 12.2. The molecule has 1 aromatic carbocycles. The molecule has 1 atom stereocenters. The van der Waals surface area contributed by atoms with Gasteiger partial charge in [0, 0.05) is 6.42 Å². The maximum atomic E-state index is 13.2. The van der Waals surface area contributed by atoms with Gasteiger partial charge in [0.1, 0.15) is 18.2 Å². The van der Waals surface area contributed by atoms with Crippen LogP contribution in [0.5, 0.6) is 0 Å². The zero-order chi connectivity index (χ0) is 16.1. The summed E-state index contributed by atoms with van der Waals surface area (Å²) in [5.41, 5.74) is 0.720. The van der Waals surface area contributed by atoms with Gasteiger partial charge in [0.2, 0.25) is 5.91 Å². The minimum absolute atomic E-state index is 0.102. The lowest BCUT2D eigenvalue weighted by molar-refractivity contribution is -0.122. The largest absolute Gasteiger partial charge is 0.348 e. The molecule has 0 unspecified atom stereocenters. The van der Waals surface area contributed by atoms with Crippen LogP contribution >= 0.6 is 12.2 Å². The standard InChI is InChI=1S/C15H19FN4OS/c1-3-5-13-18-19-15(22)20(13)9-14(21)17-10(2)11-6-4-7-12(16)8-11/h4,6-8,10H,3,5,9H2,1-2H3,(H,17,21)(H,19,22)/t10-/m1/s1. The second kappa shape index (κ2) is 7.31. The number of hydrogen-bond acceptors (Lipinski definition) is 3. The van der Waals surface area contributed by atoms with Crippen LogP contribution in [0.15, 0.2) is 24.3 Å². The van der Waals surface area contributed by atoms with E-state index < -0.39 is 0 Å². The Kier molecular flexibility index (Phi) is 5.43. The van der Waals surface area contributed by atoms with Crippen molar-refractivity contribution in [2.75, 3.05) is 0 Å². The van der Waals surface area contributed by atoms with E-state index in [1.54, 1.807) is 16.7 Å². The Labute approximate surface area is 133 Å². The molecule has 0 aliphatic rings. The van der Waals surface area contributed by atoms with Gasteiger partial charge in [0.25, 0.3) is 0 Å². The second-order valence-corrected chi connectivity index (χ2v) is 5.51. The Balaban J connectivity index is 2.04. The van der Waals surface area contributed by atoms with E-state index in [2.05, 4.69) is 15.5 Å². The number of carbonyl (C=O) groups excluding carboxylic acids is 1. The molecule has 22 heavy (non-hydrogen) atoms. The number of aryl methyl sites for hydroxylation is 1. The molecule has 2 aromatic rings. The van der Waals surface area contributed by atoms with E-state index in [1.807, 2.05) is 13.8 Å². The molecule has 1 amide bonds. The highest BCUT2D eigenvalue weighted by Crippen LogP contribution is 2.13. The summed E-state index contributed by atoms with van der Waals surface area (Å²) in [5, 5.41) is 9.67. The Morgan fingerprint density at radius 2 is 2.32 bits per heavy atom. The van der Waals surface area contributed by atoms with Crippen molar-refractivity contribution in [2.24, 2.45) is 0 Å². The fourth-order valence-electron chi connectivity index (χ4n) is 2.22. The number of H-pyrrole nitrogens is 1. The van der Waals surface area contributed by atoms with Gasteiger partial charge < -0.3 is 5.32 Å². The van der Waals surface area contributed by atoms with Crippen molar-refractivity contribution < 1.29 is 9.18 Å². The molecule has 1 aromatic heterocycles. The highest BCUT2D eigenvalue weighted by molar-refractivity contribution is 7.71. The second-order valence-electron chi connectivity index (χ2n) is 5.13. The van der Waals surface area contributed by atoms with Crippen LogP contribution in [0.4, 0.5) is 4.39 Å². The van der Waals surface area contributed by atoms with Gasteiger partial charge in [-0.05, 0) is 43.3 Å². The molecule has 0 bridgehead atoms. The van der Waals surface area contributed by atoms with Crippen molar-refractivity contribution in [3.8, 4) is 0 Å². The van der Waals surface area contributed by atoms with Gasteiger partial charge in [0.05, 0.1) is 6.04 Å². The van der Waals surface area contributed by atoms with Crippen LogP contribution in [-0.4, -0.2) is 20.7 Å². The van der Waals surface area contributed by atoms with E-state index in [4.69, 9.17) is 12.2 Å². The molecule has 118 valence electrons. The van der Waals surface area contributed by atoms with Crippen LogP contribution in [0.2, 0.25) is 0 Å². The zero-order valence-electron chi connectivity index (χ0n) is 12.6. The summed E-state index contributed by atoms with van der Waals surface area (Å²) in [6.45, 7) is 3.95. The topological polar surface area (TPSA) is 62.7 Å². The average molecular weight is 322 g/mol. The number of aromatic amines is 1. The SMILES string of the molecule is CCCc1n[nH]c(=S)n1CC(=O)N[C@H](C)c1cccc(F)c1. The number of amides is 1. The molecule has 2 N–H and O–H groups in total. The fourth-order valence-corrected chi connectivity index (χ4v) is 2.43. The number of nitrogens with one attached hydrogen (secondary N) is 2. The number of rotatable bonds is 6. The van der Waals surface area contributed by atoms with E-state index in [0.717, 1.165) is 24.2 Å². The molecule has 0 spiro atoms. The van der Waals surface area contributed by atoms with E-state index in [1.165, 1.54) is 12.1 Å². The van der Waals surface area contributed by atoms with Gasteiger partial charge in [-0.25, -0.2) is 4.39 Å². The average Bonchev–Trinajstić information content (AvgIpc) is 2.80.